The van der Waals surface area contributed by atoms with Crippen LogP contribution in [0.5, 0.6) is 11.5 Å². The van der Waals surface area contributed by atoms with Crippen LogP contribution in [0.1, 0.15) is 12.0 Å². The number of phenolic OH excluding ortho intramolecular Hbond substituents is 1. The average molecular weight is 306 g/mol. The molecule has 1 saturated heterocycles. The smallest absolute Gasteiger partial charge is 0.242 e. The molecule has 1 heterocycles. The first-order chi connectivity index (χ1) is 10.6. The highest BCUT2D eigenvalue weighted by atomic mass is 16.5. The predicted octanol–water partition coefficient (Wildman–Crippen LogP) is -0.671. The number of hydrazone groups is 1. The zero-order chi connectivity index (χ0) is 15.9. The fraction of sp³-hybridized carbons (Fsp3) is 0.357. The van der Waals surface area contributed by atoms with Crippen LogP contribution in [-0.2, 0) is 9.59 Å². The standard InChI is InChI=1S/C14H18N4O4/c1-22-12-3-2-9(6-11(12)19)8-17-18-13(20)7-10-14(21)16-5-4-15-10/h2-3,6,8,10,15,19H,4-5,7H2,1H3,(H,16,21)(H,18,20)/b17-8-/t10-/m0/s1. The van der Waals surface area contributed by atoms with Gasteiger partial charge in [-0.05, 0) is 23.8 Å². The van der Waals surface area contributed by atoms with Crippen molar-refractivity contribution >= 4 is 18.0 Å². The Bertz CT molecular complexity index is 588. The van der Waals surface area contributed by atoms with E-state index >= 15 is 0 Å². The summed E-state index contributed by atoms with van der Waals surface area (Å²) >= 11 is 0. The number of nitrogens with one attached hydrogen (secondary N) is 3. The molecule has 1 aliphatic heterocycles. The van der Waals surface area contributed by atoms with Crippen molar-refractivity contribution in [1.82, 2.24) is 16.1 Å². The summed E-state index contributed by atoms with van der Waals surface area (Å²) in [5.74, 6) is -0.217. The van der Waals surface area contributed by atoms with Gasteiger partial charge in [0.1, 0.15) is 0 Å². The molecule has 1 aromatic rings. The monoisotopic (exact) mass is 306 g/mol. The molecule has 8 nitrogen and oxygen atoms in total. The minimum absolute atomic E-state index is 0.0109. The Morgan fingerprint density at radius 3 is 3.05 bits per heavy atom. The molecule has 1 atom stereocenters. The molecule has 0 saturated carbocycles. The van der Waals surface area contributed by atoms with Crippen molar-refractivity contribution in [3.63, 3.8) is 0 Å². The van der Waals surface area contributed by atoms with Crippen molar-refractivity contribution in [2.75, 3.05) is 20.2 Å². The van der Waals surface area contributed by atoms with Gasteiger partial charge in [0, 0.05) is 13.1 Å². The molecule has 2 amide bonds. The lowest BCUT2D eigenvalue weighted by Crippen LogP contribution is -2.54. The maximum atomic E-state index is 11.7. The first-order valence-electron chi connectivity index (χ1n) is 6.80. The first kappa shape index (κ1) is 15.8. The number of nitrogens with zero attached hydrogens (tertiary/aromatic N) is 1. The molecular formula is C14H18N4O4. The van der Waals surface area contributed by atoms with Crippen LogP contribution in [-0.4, -0.2) is 49.4 Å². The van der Waals surface area contributed by atoms with E-state index in [1.165, 1.54) is 19.4 Å². The van der Waals surface area contributed by atoms with Crippen LogP contribution in [0.2, 0.25) is 0 Å². The Balaban J connectivity index is 1.85. The third-order valence-corrected chi connectivity index (χ3v) is 3.13. The van der Waals surface area contributed by atoms with E-state index in [-0.39, 0.29) is 24.0 Å². The summed E-state index contributed by atoms with van der Waals surface area (Å²) in [6.45, 7) is 1.20. The number of carbonyl (C=O) groups excluding carboxylic acids is 2. The molecule has 0 aliphatic carbocycles. The summed E-state index contributed by atoms with van der Waals surface area (Å²) in [4.78, 5) is 23.2. The third-order valence-electron chi connectivity index (χ3n) is 3.13. The van der Waals surface area contributed by atoms with Crippen LogP contribution >= 0.6 is 0 Å². The van der Waals surface area contributed by atoms with E-state index in [0.717, 1.165) is 0 Å². The van der Waals surface area contributed by atoms with Crippen molar-refractivity contribution in [2.24, 2.45) is 5.10 Å². The van der Waals surface area contributed by atoms with Crippen molar-refractivity contribution in [3.8, 4) is 11.5 Å². The second kappa shape index (κ2) is 7.41. The Morgan fingerprint density at radius 1 is 1.55 bits per heavy atom. The van der Waals surface area contributed by atoms with Gasteiger partial charge in [-0.1, -0.05) is 0 Å². The molecular weight excluding hydrogens is 288 g/mol. The van der Waals surface area contributed by atoms with Crippen molar-refractivity contribution < 1.29 is 19.4 Å². The fourth-order valence-electron chi connectivity index (χ4n) is 2.01. The molecule has 1 fully saturated rings. The maximum Gasteiger partial charge on any atom is 0.242 e. The quantitative estimate of drug-likeness (QED) is 0.426. The molecule has 0 aromatic heterocycles. The fourth-order valence-corrected chi connectivity index (χ4v) is 2.01. The summed E-state index contributed by atoms with van der Waals surface area (Å²) in [5, 5.41) is 19.0. The van der Waals surface area contributed by atoms with Crippen LogP contribution < -0.4 is 20.8 Å². The number of amides is 2. The van der Waals surface area contributed by atoms with Gasteiger partial charge in [0.2, 0.25) is 11.8 Å². The number of hydrogen-bond donors (Lipinski definition) is 4. The topological polar surface area (TPSA) is 112 Å². The number of piperazine rings is 1. The van der Waals surface area contributed by atoms with Crippen molar-refractivity contribution in [1.29, 1.82) is 0 Å². The van der Waals surface area contributed by atoms with E-state index in [9.17, 15) is 14.7 Å². The predicted molar refractivity (Wildman–Crippen MR) is 79.8 cm³/mol. The normalized spacial score (nSPS) is 18.0. The maximum absolute atomic E-state index is 11.7. The summed E-state index contributed by atoms with van der Waals surface area (Å²) in [7, 11) is 1.46. The van der Waals surface area contributed by atoms with Gasteiger partial charge < -0.3 is 20.5 Å². The van der Waals surface area contributed by atoms with Gasteiger partial charge in [0.05, 0.1) is 25.8 Å². The average Bonchev–Trinajstić information content (AvgIpc) is 2.50. The van der Waals surface area contributed by atoms with Gasteiger partial charge in [0.15, 0.2) is 11.5 Å². The molecule has 0 radical (unpaired) electrons. The Hall–Kier alpha value is -2.61. The highest BCUT2D eigenvalue weighted by Crippen LogP contribution is 2.25. The largest absolute Gasteiger partial charge is 0.504 e. The Morgan fingerprint density at radius 2 is 2.36 bits per heavy atom. The Kier molecular flexibility index (Phi) is 5.31. The molecule has 1 aromatic carbocycles. The van der Waals surface area contributed by atoms with Crippen LogP contribution in [0, 0.1) is 0 Å². The van der Waals surface area contributed by atoms with E-state index in [0.29, 0.717) is 24.4 Å². The van der Waals surface area contributed by atoms with E-state index < -0.39 is 6.04 Å². The number of carbonyl (C=O) groups is 2. The molecule has 1 aliphatic rings. The van der Waals surface area contributed by atoms with Gasteiger partial charge in [0.25, 0.3) is 0 Å². The second-order valence-electron chi connectivity index (χ2n) is 4.73. The van der Waals surface area contributed by atoms with Gasteiger partial charge in [-0.25, -0.2) is 5.43 Å². The number of benzene rings is 1. The van der Waals surface area contributed by atoms with E-state index in [4.69, 9.17) is 4.74 Å². The molecule has 118 valence electrons. The second-order valence-corrected chi connectivity index (χ2v) is 4.73. The number of phenols is 1. The van der Waals surface area contributed by atoms with Gasteiger partial charge in [-0.3, -0.25) is 9.59 Å². The molecule has 0 bridgehead atoms. The molecule has 22 heavy (non-hydrogen) atoms. The first-order valence-corrected chi connectivity index (χ1v) is 6.80. The SMILES string of the molecule is COc1ccc(/C=N\NC(=O)C[C@@H]2NCCNC2=O)cc1O. The van der Waals surface area contributed by atoms with Crippen molar-refractivity contribution in [3.05, 3.63) is 23.8 Å². The third kappa shape index (κ3) is 4.19. The Labute approximate surface area is 127 Å². The minimum Gasteiger partial charge on any atom is -0.504 e. The zero-order valence-corrected chi connectivity index (χ0v) is 12.1. The molecule has 2 rings (SSSR count). The van der Waals surface area contributed by atoms with E-state index in [1.54, 1.807) is 12.1 Å². The van der Waals surface area contributed by atoms with Crippen LogP contribution in [0.3, 0.4) is 0 Å². The van der Waals surface area contributed by atoms with Crippen LogP contribution in [0.4, 0.5) is 0 Å². The summed E-state index contributed by atoms with van der Waals surface area (Å²) < 4.78 is 4.93. The van der Waals surface area contributed by atoms with E-state index in [2.05, 4.69) is 21.2 Å². The molecule has 0 spiro atoms. The highest BCUT2D eigenvalue weighted by molar-refractivity contribution is 5.89. The zero-order valence-electron chi connectivity index (χ0n) is 12.1. The molecule has 8 heteroatoms. The number of aromatic hydroxyl groups is 1. The lowest BCUT2D eigenvalue weighted by Gasteiger charge is -2.22. The van der Waals surface area contributed by atoms with Crippen molar-refractivity contribution in [2.45, 2.75) is 12.5 Å². The summed E-state index contributed by atoms with van der Waals surface area (Å²) in [5.41, 5.74) is 2.95. The summed E-state index contributed by atoms with van der Waals surface area (Å²) in [6, 6.07) is 4.21. The molecule has 0 unspecified atom stereocenters. The summed E-state index contributed by atoms with van der Waals surface area (Å²) in [6.07, 6.45) is 1.41. The number of hydrogen-bond acceptors (Lipinski definition) is 6. The van der Waals surface area contributed by atoms with Crippen LogP contribution in [0.25, 0.3) is 0 Å². The number of ether oxygens (including phenoxy) is 1. The van der Waals surface area contributed by atoms with Gasteiger partial charge >= 0.3 is 0 Å². The lowest BCUT2D eigenvalue weighted by molar-refractivity contribution is -0.129. The number of rotatable bonds is 5. The minimum atomic E-state index is -0.533. The molecule has 4 N–H and O–H groups in total. The lowest BCUT2D eigenvalue weighted by atomic mass is 10.1. The van der Waals surface area contributed by atoms with Gasteiger partial charge in [-0.2, -0.15) is 5.10 Å². The van der Waals surface area contributed by atoms with E-state index in [1.807, 2.05) is 0 Å². The van der Waals surface area contributed by atoms with Gasteiger partial charge in [-0.15, -0.1) is 0 Å². The number of methoxy groups -OCH3 is 1. The van der Waals surface area contributed by atoms with Crippen LogP contribution in [0.15, 0.2) is 23.3 Å². The highest BCUT2D eigenvalue weighted by Gasteiger charge is 2.23.